The molecule has 1 saturated heterocycles. The molecule has 0 atom stereocenters. The van der Waals surface area contributed by atoms with Gasteiger partial charge in [-0.25, -0.2) is 4.98 Å². The van der Waals surface area contributed by atoms with Gasteiger partial charge < -0.3 is 10.2 Å². The molecule has 4 nitrogen and oxygen atoms in total. The standard InChI is InChI=1S/C17H19Cl2N3OS.2ClH/c1-20-9-11-4-6-22(7-5-11)17(23)15-10-24-16(21-15)13-3-2-12(18)8-14(13)19;;/h2-3,8,10-11,20H,4-7,9H2,1H3;2*1H. The van der Waals surface area contributed by atoms with Gasteiger partial charge >= 0.3 is 0 Å². The Morgan fingerprint density at radius 1 is 1.31 bits per heavy atom. The first-order chi connectivity index (χ1) is 11.6. The SMILES string of the molecule is CNCC1CCN(C(=O)c2csc(-c3ccc(Cl)cc3Cl)n2)CC1.Cl.Cl. The second-order valence-corrected chi connectivity index (χ2v) is 7.66. The number of nitrogens with zero attached hydrogens (tertiary/aromatic N) is 2. The summed E-state index contributed by atoms with van der Waals surface area (Å²) in [6, 6.07) is 5.30. The number of amides is 1. The molecule has 1 fully saturated rings. The van der Waals surface area contributed by atoms with Crippen LogP contribution in [0.1, 0.15) is 23.3 Å². The second-order valence-electron chi connectivity index (χ2n) is 5.96. The zero-order valence-corrected chi connectivity index (χ0v) is 18.2. The van der Waals surface area contributed by atoms with Crippen molar-refractivity contribution in [2.24, 2.45) is 5.92 Å². The Kier molecular flexibility index (Phi) is 9.65. The van der Waals surface area contributed by atoms with Gasteiger partial charge in [-0.3, -0.25) is 4.79 Å². The van der Waals surface area contributed by atoms with Crippen LogP contribution in [0.3, 0.4) is 0 Å². The number of hydrogen-bond donors (Lipinski definition) is 1. The first-order valence-corrected chi connectivity index (χ1v) is 9.57. The van der Waals surface area contributed by atoms with Crippen molar-refractivity contribution < 1.29 is 4.79 Å². The third-order valence-corrected chi connectivity index (χ3v) is 5.70. The number of nitrogens with one attached hydrogen (secondary N) is 1. The number of likely N-dealkylation sites (tertiary alicyclic amines) is 1. The molecule has 144 valence electrons. The van der Waals surface area contributed by atoms with E-state index in [0.717, 1.165) is 43.0 Å². The number of halogens is 4. The highest BCUT2D eigenvalue weighted by Gasteiger charge is 2.25. The number of hydrogen-bond acceptors (Lipinski definition) is 4. The van der Waals surface area contributed by atoms with Gasteiger partial charge in [-0.1, -0.05) is 23.2 Å². The van der Waals surface area contributed by atoms with E-state index in [2.05, 4.69) is 10.3 Å². The monoisotopic (exact) mass is 455 g/mol. The average molecular weight is 457 g/mol. The average Bonchev–Trinajstić information content (AvgIpc) is 3.05. The second kappa shape index (κ2) is 10.7. The van der Waals surface area contributed by atoms with Crippen molar-refractivity contribution in [1.29, 1.82) is 0 Å². The van der Waals surface area contributed by atoms with Gasteiger partial charge in [0.1, 0.15) is 10.7 Å². The van der Waals surface area contributed by atoms with Crippen molar-refractivity contribution in [3.63, 3.8) is 0 Å². The third kappa shape index (κ3) is 5.47. The van der Waals surface area contributed by atoms with Crippen molar-refractivity contribution in [3.05, 3.63) is 39.3 Å². The number of carbonyl (C=O) groups excluding carboxylic acids is 1. The lowest BCUT2D eigenvalue weighted by atomic mass is 9.97. The van der Waals surface area contributed by atoms with Gasteiger partial charge in [0.2, 0.25) is 0 Å². The summed E-state index contributed by atoms with van der Waals surface area (Å²) < 4.78 is 0. The molecule has 0 spiro atoms. The molecule has 1 aromatic carbocycles. The molecular weight excluding hydrogens is 436 g/mol. The minimum absolute atomic E-state index is 0. The lowest BCUT2D eigenvalue weighted by Gasteiger charge is -2.31. The van der Waals surface area contributed by atoms with Gasteiger partial charge in [0.25, 0.3) is 5.91 Å². The first-order valence-electron chi connectivity index (χ1n) is 7.93. The smallest absolute Gasteiger partial charge is 0.273 e. The topological polar surface area (TPSA) is 45.2 Å². The zero-order valence-electron chi connectivity index (χ0n) is 14.2. The Morgan fingerprint density at radius 3 is 2.62 bits per heavy atom. The normalized spacial score (nSPS) is 14.5. The van der Waals surface area contributed by atoms with Crippen LogP contribution in [0.25, 0.3) is 10.6 Å². The molecule has 0 saturated carbocycles. The van der Waals surface area contributed by atoms with E-state index in [0.29, 0.717) is 21.7 Å². The van der Waals surface area contributed by atoms with Crippen LogP contribution in [0.5, 0.6) is 0 Å². The van der Waals surface area contributed by atoms with Crippen molar-refractivity contribution in [3.8, 4) is 10.6 Å². The maximum atomic E-state index is 12.6. The number of benzene rings is 1. The van der Waals surface area contributed by atoms with Crippen LogP contribution in [0.4, 0.5) is 0 Å². The van der Waals surface area contributed by atoms with E-state index in [-0.39, 0.29) is 30.7 Å². The lowest BCUT2D eigenvalue weighted by molar-refractivity contribution is 0.0686. The number of thiazole rings is 1. The van der Waals surface area contributed by atoms with Crippen molar-refractivity contribution in [2.45, 2.75) is 12.8 Å². The van der Waals surface area contributed by atoms with E-state index in [9.17, 15) is 4.79 Å². The summed E-state index contributed by atoms with van der Waals surface area (Å²) in [5.41, 5.74) is 1.30. The van der Waals surface area contributed by atoms with Crippen LogP contribution < -0.4 is 5.32 Å². The quantitative estimate of drug-likeness (QED) is 0.701. The fraction of sp³-hybridized carbons (Fsp3) is 0.412. The molecular formula is C17H21Cl4N3OS. The van der Waals surface area contributed by atoms with Crippen molar-refractivity contribution >= 4 is 65.3 Å². The molecule has 0 radical (unpaired) electrons. The maximum Gasteiger partial charge on any atom is 0.273 e. The fourth-order valence-electron chi connectivity index (χ4n) is 2.95. The summed E-state index contributed by atoms with van der Waals surface area (Å²) in [4.78, 5) is 19.0. The molecule has 1 aliphatic heterocycles. The van der Waals surface area contributed by atoms with Crippen LogP contribution in [-0.4, -0.2) is 42.5 Å². The highest BCUT2D eigenvalue weighted by Crippen LogP contribution is 2.32. The molecule has 9 heteroatoms. The van der Waals surface area contributed by atoms with E-state index >= 15 is 0 Å². The van der Waals surface area contributed by atoms with E-state index in [4.69, 9.17) is 23.2 Å². The first kappa shape index (κ1) is 23.5. The van der Waals surface area contributed by atoms with E-state index < -0.39 is 0 Å². The summed E-state index contributed by atoms with van der Waals surface area (Å²) in [6.07, 6.45) is 2.07. The van der Waals surface area contributed by atoms with Gasteiger partial charge in [0, 0.05) is 29.1 Å². The summed E-state index contributed by atoms with van der Waals surface area (Å²) >= 11 is 13.6. The number of aromatic nitrogens is 1. The molecule has 2 aromatic rings. The third-order valence-electron chi connectivity index (χ3n) is 4.28. The zero-order chi connectivity index (χ0) is 17.1. The molecule has 1 aliphatic rings. The predicted molar refractivity (Wildman–Crippen MR) is 115 cm³/mol. The van der Waals surface area contributed by atoms with Gasteiger partial charge in [0.05, 0.1) is 5.02 Å². The molecule has 0 bridgehead atoms. The Balaban J connectivity index is 0.00000169. The minimum Gasteiger partial charge on any atom is -0.337 e. The minimum atomic E-state index is 0. The van der Waals surface area contributed by atoms with Gasteiger partial charge in [-0.05, 0) is 50.6 Å². The summed E-state index contributed by atoms with van der Waals surface area (Å²) in [6.45, 7) is 2.59. The maximum absolute atomic E-state index is 12.6. The molecule has 1 N–H and O–H groups in total. The number of piperidine rings is 1. The lowest BCUT2D eigenvalue weighted by Crippen LogP contribution is -2.40. The molecule has 2 heterocycles. The molecule has 1 amide bonds. The van der Waals surface area contributed by atoms with E-state index in [1.807, 2.05) is 23.4 Å². The Labute approximate surface area is 180 Å². The Morgan fingerprint density at radius 2 is 2.00 bits per heavy atom. The van der Waals surface area contributed by atoms with Gasteiger partial charge in [-0.15, -0.1) is 36.2 Å². The van der Waals surface area contributed by atoms with Crippen LogP contribution in [0.15, 0.2) is 23.6 Å². The Hall–Kier alpha value is -0.560. The van der Waals surface area contributed by atoms with Crippen LogP contribution in [-0.2, 0) is 0 Å². The number of rotatable bonds is 4. The molecule has 0 unspecified atom stereocenters. The molecule has 26 heavy (non-hydrogen) atoms. The van der Waals surface area contributed by atoms with Crippen LogP contribution >= 0.6 is 59.4 Å². The van der Waals surface area contributed by atoms with Crippen molar-refractivity contribution in [1.82, 2.24) is 15.2 Å². The number of carbonyl (C=O) groups is 1. The predicted octanol–water partition coefficient (Wildman–Crippen LogP) is 5.03. The molecule has 3 rings (SSSR count). The van der Waals surface area contributed by atoms with Gasteiger partial charge in [-0.2, -0.15) is 0 Å². The Bertz CT molecular complexity index is 733. The highest BCUT2D eigenvalue weighted by molar-refractivity contribution is 7.13. The van der Waals surface area contributed by atoms with Crippen LogP contribution in [0.2, 0.25) is 10.0 Å². The van der Waals surface area contributed by atoms with Crippen molar-refractivity contribution in [2.75, 3.05) is 26.7 Å². The summed E-state index contributed by atoms with van der Waals surface area (Å²) in [5, 5.41) is 6.89. The molecule has 1 aromatic heterocycles. The van der Waals surface area contributed by atoms with Crippen LogP contribution in [0, 0.1) is 5.92 Å². The highest BCUT2D eigenvalue weighted by atomic mass is 35.5. The van der Waals surface area contributed by atoms with Gasteiger partial charge in [0.15, 0.2) is 0 Å². The largest absolute Gasteiger partial charge is 0.337 e. The fourth-order valence-corrected chi connectivity index (χ4v) is 4.34. The van der Waals surface area contributed by atoms with E-state index in [1.54, 1.807) is 12.1 Å². The molecule has 0 aliphatic carbocycles. The summed E-state index contributed by atoms with van der Waals surface area (Å²) in [5.74, 6) is 0.656. The van der Waals surface area contributed by atoms with E-state index in [1.165, 1.54) is 11.3 Å². The summed E-state index contributed by atoms with van der Waals surface area (Å²) in [7, 11) is 1.97.